The Bertz CT molecular complexity index is 1350. The van der Waals surface area contributed by atoms with Crippen LogP contribution in [0.1, 0.15) is 71.7 Å². The van der Waals surface area contributed by atoms with Gasteiger partial charge in [0.15, 0.2) is 0 Å². The third-order valence-electron chi connectivity index (χ3n) is 6.98. The fraction of sp³-hybridized carbons (Fsp3) is 0.367. The predicted octanol–water partition coefficient (Wildman–Crippen LogP) is 8.64. The second-order valence-corrected chi connectivity index (χ2v) is 10.3. The first-order chi connectivity index (χ1) is 17.3. The van der Waals surface area contributed by atoms with Crippen LogP contribution in [0.4, 0.5) is 22.4 Å². The van der Waals surface area contributed by atoms with E-state index in [0.717, 1.165) is 39.9 Å². The molecule has 3 aromatic rings. The highest BCUT2D eigenvalue weighted by Gasteiger charge is 2.41. The molecule has 7 heteroatoms. The van der Waals surface area contributed by atoms with Gasteiger partial charge in [-0.1, -0.05) is 49.2 Å². The van der Waals surface area contributed by atoms with Gasteiger partial charge in [-0.25, -0.2) is 9.18 Å². The van der Waals surface area contributed by atoms with Gasteiger partial charge in [-0.15, -0.1) is 0 Å². The molecule has 0 aromatic heterocycles. The Morgan fingerprint density at radius 1 is 0.946 bits per heavy atom. The van der Waals surface area contributed by atoms with Gasteiger partial charge in [0, 0.05) is 12.1 Å². The molecule has 3 aromatic carbocycles. The van der Waals surface area contributed by atoms with E-state index >= 15 is 0 Å². The van der Waals surface area contributed by atoms with Crippen LogP contribution in [0.25, 0.3) is 11.1 Å². The molecule has 37 heavy (non-hydrogen) atoms. The SMILES string of the molecule is Cc1cc(CN2C(=O)O[C@H](c3cc(C)ccc3-c3cc(C(C)C)c(F)cc3C)[C@H]2C)cc(C(F)(F)F)c1. The first kappa shape index (κ1) is 26.7. The summed E-state index contributed by atoms with van der Waals surface area (Å²) in [7, 11) is 0. The van der Waals surface area contributed by atoms with Gasteiger partial charge < -0.3 is 4.74 Å². The zero-order valence-corrected chi connectivity index (χ0v) is 21.8. The summed E-state index contributed by atoms with van der Waals surface area (Å²) in [5.41, 5.74) is 4.93. The summed E-state index contributed by atoms with van der Waals surface area (Å²) in [6.45, 7) is 11.1. The van der Waals surface area contributed by atoms with Crippen LogP contribution in [0.15, 0.2) is 48.5 Å². The largest absolute Gasteiger partial charge is 0.439 e. The van der Waals surface area contributed by atoms with E-state index in [1.165, 1.54) is 11.0 Å². The number of ether oxygens (including phenoxy) is 1. The number of carbonyl (C=O) groups excluding carboxylic acids is 1. The molecule has 3 nitrogen and oxygen atoms in total. The first-order valence-corrected chi connectivity index (χ1v) is 12.3. The maximum absolute atomic E-state index is 14.6. The van der Waals surface area contributed by atoms with Crippen LogP contribution in [-0.4, -0.2) is 17.0 Å². The average Bonchev–Trinajstić information content (AvgIpc) is 3.06. The van der Waals surface area contributed by atoms with E-state index in [-0.39, 0.29) is 18.3 Å². The lowest BCUT2D eigenvalue weighted by Crippen LogP contribution is -2.31. The lowest BCUT2D eigenvalue weighted by atomic mass is 9.87. The molecule has 4 rings (SSSR count). The highest BCUT2D eigenvalue weighted by molar-refractivity contribution is 5.76. The van der Waals surface area contributed by atoms with Crippen molar-refractivity contribution in [2.75, 3.05) is 0 Å². The number of benzene rings is 3. The standard InChI is InChI=1S/C30H31F4NO2/c1-16(2)24-14-25(19(5)12-27(24)31)23-8-7-17(3)11-26(23)28-20(6)35(29(36)37-28)15-21-9-18(4)10-22(13-21)30(32,33)34/h7-14,16,20,28H,15H2,1-6H3/t20-,28+/m1/s1. The number of aryl methyl sites for hydroxylation is 3. The molecular weight excluding hydrogens is 482 g/mol. The van der Waals surface area contributed by atoms with Crippen molar-refractivity contribution in [3.05, 3.63) is 93.3 Å². The number of cyclic esters (lactones) is 1. The van der Waals surface area contributed by atoms with Crippen LogP contribution in [0.5, 0.6) is 0 Å². The number of nitrogens with zero attached hydrogens (tertiary/aromatic N) is 1. The van der Waals surface area contributed by atoms with Crippen LogP contribution in [0.3, 0.4) is 0 Å². The van der Waals surface area contributed by atoms with Gasteiger partial charge in [0.25, 0.3) is 0 Å². The monoisotopic (exact) mass is 513 g/mol. The molecule has 1 aliphatic rings. The molecular formula is C30H31F4NO2. The first-order valence-electron chi connectivity index (χ1n) is 12.3. The summed E-state index contributed by atoms with van der Waals surface area (Å²) in [6.07, 6.45) is -5.70. The van der Waals surface area contributed by atoms with Crippen molar-refractivity contribution in [3.8, 4) is 11.1 Å². The molecule has 0 radical (unpaired) electrons. The van der Waals surface area contributed by atoms with Crippen molar-refractivity contribution in [1.29, 1.82) is 0 Å². The molecule has 2 atom stereocenters. The molecule has 1 saturated heterocycles. The maximum atomic E-state index is 14.6. The minimum atomic E-state index is -4.47. The minimum Gasteiger partial charge on any atom is -0.439 e. The summed E-state index contributed by atoms with van der Waals surface area (Å²) in [6, 6.07) is 12.6. The average molecular weight is 514 g/mol. The fourth-order valence-corrected chi connectivity index (χ4v) is 5.04. The summed E-state index contributed by atoms with van der Waals surface area (Å²) in [5, 5.41) is 0. The van der Waals surface area contributed by atoms with Crippen molar-refractivity contribution in [1.82, 2.24) is 4.90 Å². The third-order valence-corrected chi connectivity index (χ3v) is 6.98. The Morgan fingerprint density at radius 3 is 2.30 bits per heavy atom. The number of hydrogen-bond acceptors (Lipinski definition) is 2. The Balaban J connectivity index is 1.72. The molecule has 196 valence electrons. The Hall–Kier alpha value is -3.35. The lowest BCUT2D eigenvalue weighted by Gasteiger charge is -2.24. The van der Waals surface area contributed by atoms with Crippen LogP contribution in [-0.2, 0) is 17.5 Å². The topological polar surface area (TPSA) is 29.5 Å². The summed E-state index contributed by atoms with van der Waals surface area (Å²) < 4.78 is 60.5. The highest BCUT2D eigenvalue weighted by atomic mass is 19.4. The van der Waals surface area contributed by atoms with Crippen LogP contribution >= 0.6 is 0 Å². The minimum absolute atomic E-state index is 0.00448. The maximum Gasteiger partial charge on any atom is 0.416 e. The van der Waals surface area contributed by atoms with Crippen LogP contribution in [0, 0.1) is 26.6 Å². The van der Waals surface area contributed by atoms with Gasteiger partial charge in [0.2, 0.25) is 0 Å². The van der Waals surface area contributed by atoms with Crippen molar-refractivity contribution >= 4 is 6.09 Å². The van der Waals surface area contributed by atoms with E-state index < -0.39 is 30.0 Å². The van der Waals surface area contributed by atoms with E-state index in [1.807, 2.05) is 58.9 Å². The molecule has 0 bridgehead atoms. The zero-order chi connectivity index (χ0) is 27.2. The van der Waals surface area contributed by atoms with E-state index in [0.29, 0.717) is 16.7 Å². The van der Waals surface area contributed by atoms with Crippen LogP contribution < -0.4 is 0 Å². The molecule has 0 aliphatic carbocycles. The summed E-state index contributed by atoms with van der Waals surface area (Å²) in [4.78, 5) is 14.4. The van der Waals surface area contributed by atoms with E-state index in [9.17, 15) is 22.4 Å². The molecule has 1 aliphatic heterocycles. The molecule has 0 N–H and O–H groups in total. The van der Waals surface area contributed by atoms with Crippen molar-refractivity contribution in [2.45, 2.75) is 72.3 Å². The lowest BCUT2D eigenvalue weighted by molar-refractivity contribution is -0.137. The predicted molar refractivity (Wildman–Crippen MR) is 136 cm³/mol. The number of alkyl halides is 3. The van der Waals surface area contributed by atoms with Gasteiger partial charge in [-0.05, 0) is 85.7 Å². The smallest absolute Gasteiger partial charge is 0.416 e. The van der Waals surface area contributed by atoms with E-state index in [4.69, 9.17) is 4.74 Å². The number of rotatable bonds is 5. The van der Waals surface area contributed by atoms with Gasteiger partial charge in [-0.3, -0.25) is 4.90 Å². The molecule has 1 heterocycles. The molecule has 0 spiro atoms. The third kappa shape index (κ3) is 5.36. The summed E-state index contributed by atoms with van der Waals surface area (Å²) in [5.74, 6) is -0.268. The fourth-order valence-electron chi connectivity index (χ4n) is 5.04. The molecule has 1 fully saturated rings. The zero-order valence-electron chi connectivity index (χ0n) is 21.8. The molecule has 0 unspecified atom stereocenters. The normalized spacial score (nSPS) is 18.0. The van der Waals surface area contributed by atoms with Crippen molar-refractivity contribution in [3.63, 3.8) is 0 Å². The van der Waals surface area contributed by atoms with Gasteiger partial charge in [0.1, 0.15) is 11.9 Å². The van der Waals surface area contributed by atoms with Crippen molar-refractivity contribution < 1.29 is 27.1 Å². The van der Waals surface area contributed by atoms with Gasteiger partial charge >= 0.3 is 12.3 Å². The van der Waals surface area contributed by atoms with E-state index in [1.54, 1.807) is 13.0 Å². The second-order valence-electron chi connectivity index (χ2n) is 10.3. The van der Waals surface area contributed by atoms with Gasteiger partial charge in [-0.2, -0.15) is 13.2 Å². The Kier molecular flexibility index (Phi) is 7.10. The van der Waals surface area contributed by atoms with Crippen molar-refractivity contribution in [2.24, 2.45) is 0 Å². The van der Waals surface area contributed by atoms with Crippen LogP contribution in [0.2, 0.25) is 0 Å². The number of halogens is 4. The number of amides is 1. The Morgan fingerprint density at radius 2 is 1.65 bits per heavy atom. The van der Waals surface area contributed by atoms with Gasteiger partial charge in [0.05, 0.1) is 11.6 Å². The molecule has 0 saturated carbocycles. The Labute approximate surface area is 215 Å². The van der Waals surface area contributed by atoms with E-state index in [2.05, 4.69) is 0 Å². The number of carbonyl (C=O) groups is 1. The summed E-state index contributed by atoms with van der Waals surface area (Å²) >= 11 is 0. The highest BCUT2D eigenvalue weighted by Crippen LogP contribution is 2.41. The number of hydrogen-bond donors (Lipinski definition) is 0. The quantitative estimate of drug-likeness (QED) is 0.320. The second kappa shape index (κ2) is 9.84. The molecule has 1 amide bonds.